The Labute approximate surface area is 151 Å². The Hall–Kier alpha value is -2.40. The number of nitrogens with zero attached hydrogens (tertiary/aromatic N) is 2. The maximum atomic E-state index is 12.7. The summed E-state index contributed by atoms with van der Waals surface area (Å²) in [5.41, 5.74) is 4.85. The predicted molar refractivity (Wildman–Crippen MR) is 100 cm³/mol. The highest BCUT2D eigenvalue weighted by Crippen LogP contribution is 2.28. The lowest BCUT2D eigenvalue weighted by Crippen LogP contribution is -2.15. The zero-order valence-corrected chi connectivity index (χ0v) is 15.6. The molecule has 0 saturated carbocycles. The number of rotatable bonds is 5. The molecule has 1 unspecified atom stereocenters. The monoisotopic (exact) mass is 352 g/mol. The van der Waals surface area contributed by atoms with Gasteiger partial charge >= 0.3 is 0 Å². The number of aryl methyl sites for hydroxylation is 3. The van der Waals surface area contributed by atoms with Gasteiger partial charge in [0, 0.05) is 11.1 Å². The first kappa shape index (κ1) is 17.4. The molecule has 0 fully saturated rings. The molecular weight excluding hydrogens is 332 g/mol. The van der Waals surface area contributed by atoms with Crippen molar-refractivity contribution in [3.8, 4) is 11.5 Å². The first-order chi connectivity index (χ1) is 11.9. The summed E-state index contributed by atoms with van der Waals surface area (Å²) in [6, 6.07) is 13.8. The second kappa shape index (κ2) is 7.23. The van der Waals surface area contributed by atoms with Crippen molar-refractivity contribution in [1.82, 2.24) is 10.2 Å². The third kappa shape index (κ3) is 3.99. The van der Waals surface area contributed by atoms with Crippen LogP contribution in [0.5, 0.6) is 0 Å². The fraction of sp³-hybridized carbons (Fsp3) is 0.250. The summed E-state index contributed by atoms with van der Waals surface area (Å²) in [5, 5.41) is 8.25. The van der Waals surface area contributed by atoms with E-state index in [4.69, 9.17) is 4.42 Å². The molecular formula is C20H20N2O2S. The number of carbonyl (C=O) groups is 1. The minimum Gasteiger partial charge on any atom is -0.411 e. The topological polar surface area (TPSA) is 56.0 Å². The molecule has 5 heteroatoms. The van der Waals surface area contributed by atoms with Crippen LogP contribution in [-0.2, 0) is 0 Å². The molecule has 3 rings (SSSR count). The van der Waals surface area contributed by atoms with Crippen molar-refractivity contribution in [3.05, 3.63) is 64.7 Å². The lowest BCUT2D eigenvalue weighted by molar-refractivity contribution is 0.0993. The van der Waals surface area contributed by atoms with Crippen molar-refractivity contribution in [2.45, 2.75) is 38.2 Å². The van der Waals surface area contributed by atoms with Gasteiger partial charge in [0.2, 0.25) is 5.89 Å². The molecule has 0 amide bonds. The van der Waals surface area contributed by atoms with Gasteiger partial charge in [-0.2, -0.15) is 0 Å². The van der Waals surface area contributed by atoms with Gasteiger partial charge in [-0.3, -0.25) is 4.79 Å². The van der Waals surface area contributed by atoms with E-state index in [1.807, 2.05) is 70.2 Å². The van der Waals surface area contributed by atoms with Crippen molar-refractivity contribution < 1.29 is 9.21 Å². The lowest BCUT2D eigenvalue weighted by atomic mass is 10.0. The summed E-state index contributed by atoms with van der Waals surface area (Å²) in [4.78, 5) is 12.7. The van der Waals surface area contributed by atoms with E-state index in [2.05, 4.69) is 10.2 Å². The summed E-state index contributed by atoms with van der Waals surface area (Å²) in [7, 11) is 0. The van der Waals surface area contributed by atoms with Crippen LogP contribution in [0.15, 0.2) is 52.1 Å². The van der Waals surface area contributed by atoms with Gasteiger partial charge in [-0.25, -0.2) is 0 Å². The zero-order valence-electron chi connectivity index (χ0n) is 14.7. The van der Waals surface area contributed by atoms with Gasteiger partial charge in [0.05, 0.1) is 5.25 Å². The second-order valence-corrected chi connectivity index (χ2v) is 7.47. The number of Topliss-reactive ketones (excluding diaryl/α,β-unsaturated/α-hetero) is 1. The molecule has 0 aliphatic heterocycles. The smallest absolute Gasteiger partial charge is 0.277 e. The van der Waals surface area contributed by atoms with Gasteiger partial charge in [0.15, 0.2) is 5.78 Å². The van der Waals surface area contributed by atoms with Crippen LogP contribution in [-0.4, -0.2) is 21.2 Å². The minimum absolute atomic E-state index is 0.0706. The Morgan fingerprint density at radius 1 is 1.00 bits per heavy atom. The molecule has 128 valence electrons. The van der Waals surface area contributed by atoms with Crippen molar-refractivity contribution >= 4 is 17.5 Å². The van der Waals surface area contributed by atoms with E-state index in [0.29, 0.717) is 11.1 Å². The highest BCUT2D eigenvalue weighted by Gasteiger charge is 2.21. The molecule has 0 aliphatic rings. The third-order valence-electron chi connectivity index (χ3n) is 4.01. The van der Waals surface area contributed by atoms with Gasteiger partial charge in [-0.1, -0.05) is 47.2 Å². The van der Waals surface area contributed by atoms with E-state index in [1.54, 1.807) is 0 Å². The fourth-order valence-electron chi connectivity index (χ4n) is 2.50. The van der Waals surface area contributed by atoms with Crippen LogP contribution in [0.1, 0.15) is 34.0 Å². The SMILES string of the molecule is Cc1ccc(-c2nnc(SC(C)C(=O)c3cc(C)ccc3C)o2)cc1. The van der Waals surface area contributed by atoms with E-state index in [0.717, 1.165) is 22.3 Å². The first-order valence-electron chi connectivity index (χ1n) is 8.12. The fourth-order valence-corrected chi connectivity index (χ4v) is 3.25. The molecule has 0 N–H and O–H groups in total. The maximum Gasteiger partial charge on any atom is 0.277 e. The molecule has 25 heavy (non-hydrogen) atoms. The van der Waals surface area contributed by atoms with Crippen LogP contribution in [0.2, 0.25) is 0 Å². The van der Waals surface area contributed by atoms with Crippen LogP contribution in [0.3, 0.4) is 0 Å². The van der Waals surface area contributed by atoms with Gasteiger partial charge in [0.1, 0.15) is 0 Å². The van der Waals surface area contributed by atoms with Crippen molar-refractivity contribution in [2.75, 3.05) is 0 Å². The molecule has 0 radical (unpaired) electrons. The van der Waals surface area contributed by atoms with Crippen molar-refractivity contribution in [1.29, 1.82) is 0 Å². The summed E-state index contributed by atoms with van der Waals surface area (Å²) in [6.07, 6.45) is 0. The van der Waals surface area contributed by atoms with E-state index in [1.165, 1.54) is 17.3 Å². The Balaban J connectivity index is 1.75. The number of benzene rings is 2. The minimum atomic E-state index is -0.299. The molecule has 3 aromatic rings. The molecule has 0 aliphatic carbocycles. The van der Waals surface area contributed by atoms with Crippen LogP contribution in [0, 0.1) is 20.8 Å². The van der Waals surface area contributed by atoms with E-state index in [-0.39, 0.29) is 11.0 Å². The second-order valence-electron chi connectivity index (χ2n) is 6.18. The average molecular weight is 352 g/mol. The summed E-state index contributed by atoms with van der Waals surface area (Å²) in [6.45, 7) is 7.83. The van der Waals surface area contributed by atoms with Crippen molar-refractivity contribution in [3.63, 3.8) is 0 Å². The lowest BCUT2D eigenvalue weighted by Gasteiger charge is -2.10. The van der Waals surface area contributed by atoms with Crippen LogP contribution < -0.4 is 0 Å². The number of carbonyl (C=O) groups excluding carboxylic acids is 1. The molecule has 4 nitrogen and oxygen atoms in total. The zero-order chi connectivity index (χ0) is 18.0. The quantitative estimate of drug-likeness (QED) is 0.476. The average Bonchev–Trinajstić information content (AvgIpc) is 3.05. The number of aromatic nitrogens is 2. The molecule has 0 bridgehead atoms. The molecule has 1 heterocycles. The Morgan fingerprint density at radius 2 is 1.68 bits per heavy atom. The van der Waals surface area contributed by atoms with E-state index in [9.17, 15) is 4.79 Å². The molecule has 0 saturated heterocycles. The van der Waals surface area contributed by atoms with Gasteiger partial charge in [-0.05, 0) is 51.5 Å². The van der Waals surface area contributed by atoms with Crippen LogP contribution >= 0.6 is 11.8 Å². The normalized spacial score (nSPS) is 12.2. The largest absolute Gasteiger partial charge is 0.411 e. The van der Waals surface area contributed by atoms with Gasteiger partial charge in [-0.15, -0.1) is 10.2 Å². The summed E-state index contributed by atoms with van der Waals surface area (Å²) in [5.74, 6) is 0.537. The Morgan fingerprint density at radius 3 is 2.40 bits per heavy atom. The van der Waals surface area contributed by atoms with E-state index >= 15 is 0 Å². The van der Waals surface area contributed by atoms with Crippen molar-refractivity contribution in [2.24, 2.45) is 0 Å². The van der Waals surface area contributed by atoms with Gasteiger partial charge < -0.3 is 4.42 Å². The van der Waals surface area contributed by atoms with E-state index < -0.39 is 0 Å². The maximum absolute atomic E-state index is 12.7. The molecule has 1 aromatic heterocycles. The number of hydrogen-bond acceptors (Lipinski definition) is 5. The van der Waals surface area contributed by atoms with Gasteiger partial charge in [0.25, 0.3) is 5.22 Å². The molecule has 0 spiro atoms. The highest BCUT2D eigenvalue weighted by atomic mass is 32.2. The predicted octanol–water partition coefficient (Wildman–Crippen LogP) is 5.03. The summed E-state index contributed by atoms with van der Waals surface area (Å²) < 4.78 is 5.71. The summed E-state index contributed by atoms with van der Waals surface area (Å²) >= 11 is 1.29. The van der Waals surface area contributed by atoms with Crippen LogP contribution in [0.25, 0.3) is 11.5 Å². The third-order valence-corrected chi connectivity index (χ3v) is 4.94. The number of ketones is 1. The standard InChI is InChI=1S/C20H20N2O2S/c1-12-6-9-16(10-7-12)19-21-22-20(24-19)25-15(4)18(23)17-11-13(2)5-8-14(17)3/h5-11,15H,1-4H3. The van der Waals surface area contributed by atoms with Crippen LogP contribution in [0.4, 0.5) is 0 Å². The molecule has 1 atom stereocenters. The highest BCUT2D eigenvalue weighted by molar-refractivity contribution is 8.00. The first-order valence-corrected chi connectivity index (χ1v) is 9.00. The Kier molecular flexibility index (Phi) is 5.04. The molecule has 2 aromatic carbocycles. The number of thioether (sulfide) groups is 1. The number of hydrogen-bond donors (Lipinski definition) is 0. The Bertz CT molecular complexity index is 900.